The second-order valence-electron chi connectivity index (χ2n) is 6.71. The summed E-state index contributed by atoms with van der Waals surface area (Å²) in [5, 5.41) is 0.701. The maximum atomic E-state index is 11.6. The number of piperazine rings is 1. The molecule has 2 aliphatic heterocycles. The normalized spacial score (nSPS) is 25.5. The first-order valence-corrected chi connectivity index (χ1v) is 10.5. The number of aromatic nitrogens is 2. The van der Waals surface area contributed by atoms with Gasteiger partial charge in [0.25, 0.3) is 0 Å². The summed E-state index contributed by atoms with van der Waals surface area (Å²) in [4.78, 5) is 9.35. The Morgan fingerprint density at radius 2 is 1.96 bits per heavy atom. The Balaban J connectivity index is 1.35. The summed E-state index contributed by atoms with van der Waals surface area (Å²) in [7, 11) is -2.80. The van der Waals surface area contributed by atoms with E-state index in [-0.39, 0.29) is 6.04 Å². The number of imidazole rings is 1. The van der Waals surface area contributed by atoms with Crippen molar-refractivity contribution in [3.8, 4) is 0 Å². The van der Waals surface area contributed by atoms with Crippen molar-refractivity contribution in [2.45, 2.75) is 19.0 Å². The van der Waals surface area contributed by atoms with Crippen LogP contribution in [-0.4, -0.2) is 71.3 Å². The van der Waals surface area contributed by atoms with Gasteiger partial charge in [0, 0.05) is 51.2 Å². The van der Waals surface area contributed by atoms with Crippen LogP contribution in [-0.2, 0) is 16.4 Å². The fourth-order valence-electron chi connectivity index (χ4n) is 3.67. The number of rotatable bonds is 3. The summed E-state index contributed by atoms with van der Waals surface area (Å²) in [6, 6.07) is 3.99. The van der Waals surface area contributed by atoms with E-state index >= 15 is 0 Å². The van der Waals surface area contributed by atoms with Gasteiger partial charge < -0.3 is 4.40 Å². The Labute approximate surface area is 146 Å². The van der Waals surface area contributed by atoms with Crippen molar-refractivity contribution in [2.75, 3.05) is 37.7 Å². The molecule has 2 aromatic rings. The topological polar surface area (TPSA) is 57.9 Å². The lowest BCUT2D eigenvalue weighted by atomic mass is 10.2. The number of hydrogen-bond donors (Lipinski definition) is 0. The molecule has 4 heterocycles. The Kier molecular flexibility index (Phi) is 4.28. The number of nitrogens with zero attached hydrogens (tertiary/aromatic N) is 4. The molecule has 0 unspecified atom stereocenters. The molecule has 1 atom stereocenters. The first-order chi connectivity index (χ1) is 11.5. The Hall–Kier alpha value is -1.15. The second-order valence-corrected chi connectivity index (χ2v) is 9.38. The van der Waals surface area contributed by atoms with E-state index < -0.39 is 9.84 Å². The van der Waals surface area contributed by atoms with Crippen LogP contribution < -0.4 is 0 Å². The van der Waals surface area contributed by atoms with E-state index in [2.05, 4.69) is 14.8 Å². The number of hydrogen-bond acceptors (Lipinski definition) is 5. The van der Waals surface area contributed by atoms with Gasteiger partial charge in [-0.05, 0) is 18.6 Å². The molecule has 0 radical (unpaired) electrons. The Morgan fingerprint density at radius 3 is 2.67 bits per heavy atom. The molecule has 2 fully saturated rings. The van der Waals surface area contributed by atoms with Gasteiger partial charge in [-0.3, -0.25) is 9.80 Å². The second kappa shape index (κ2) is 6.29. The van der Waals surface area contributed by atoms with Gasteiger partial charge in [0.15, 0.2) is 9.84 Å². The molecule has 24 heavy (non-hydrogen) atoms. The molecule has 0 spiro atoms. The van der Waals surface area contributed by atoms with E-state index in [9.17, 15) is 8.42 Å². The number of halogens is 1. The summed E-state index contributed by atoms with van der Waals surface area (Å²) in [5.41, 5.74) is 1.94. The summed E-state index contributed by atoms with van der Waals surface area (Å²) in [6.07, 6.45) is 4.68. The highest BCUT2D eigenvalue weighted by atomic mass is 35.5. The first kappa shape index (κ1) is 16.3. The zero-order valence-electron chi connectivity index (χ0n) is 13.4. The third-order valence-corrected chi connectivity index (χ3v) is 6.96. The van der Waals surface area contributed by atoms with Crippen molar-refractivity contribution in [3.63, 3.8) is 0 Å². The summed E-state index contributed by atoms with van der Waals surface area (Å²) < 4.78 is 25.2. The smallest absolute Gasteiger partial charge is 0.151 e. The van der Waals surface area contributed by atoms with Crippen LogP contribution in [0.3, 0.4) is 0 Å². The van der Waals surface area contributed by atoms with Crippen LogP contribution in [0.5, 0.6) is 0 Å². The fraction of sp³-hybridized carbons (Fsp3) is 0.562. The predicted octanol–water partition coefficient (Wildman–Crippen LogP) is 1.29. The van der Waals surface area contributed by atoms with E-state index in [1.807, 2.05) is 28.9 Å². The molecule has 0 aliphatic carbocycles. The third-order valence-electron chi connectivity index (χ3n) is 4.98. The molecular formula is C16H21ClN4O2S. The van der Waals surface area contributed by atoms with Gasteiger partial charge in [-0.15, -0.1) is 0 Å². The molecule has 2 aromatic heterocycles. The first-order valence-electron chi connectivity index (χ1n) is 8.28. The van der Waals surface area contributed by atoms with Gasteiger partial charge in [0.1, 0.15) is 5.65 Å². The number of pyridine rings is 1. The van der Waals surface area contributed by atoms with E-state index in [4.69, 9.17) is 11.6 Å². The maximum absolute atomic E-state index is 11.6. The van der Waals surface area contributed by atoms with E-state index in [1.54, 1.807) is 0 Å². The highest BCUT2D eigenvalue weighted by Crippen LogP contribution is 2.20. The average molecular weight is 369 g/mol. The van der Waals surface area contributed by atoms with Crippen LogP contribution in [0.2, 0.25) is 5.02 Å². The minimum absolute atomic E-state index is 0.217. The SMILES string of the molecule is O=S1(=O)CC[C@H](N2CCN(Cc3cn4cc(Cl)ccc4n3)CC2)C1. The zero-order chi connectivity index (χ0) is 16.7. The highest BCUT2D eigenvalue weighted by Gasteiger charge is 2.33. The standard InChI is InChI=1S/C16H21ClN4O2S/c17-13-1-2-16-18-14(11-21(16)9-13)10-19-4-6-20(7-5-19)15-3-8-24(22,23)12-15/h1-2,9,11,15H,3-8,10,12H2/t15-/m0/s1. The number of sulfone groups is 1. The predicted molar refractivity (Wildman–Crippen MR) is 94.1 cm³/mol. The van der Waals surface area contributed by atoms with Gasteiger partial charge in [0.2, 0.25) is 0 Å². The summed E-state index contributed by atoms with van der Waals surface area (Å²) >= 11 is 6.01. The van der Waals surface area contributed by atoms with Crippen molar-refractivity contribution in [1.82, 2.24) is 19.2 Å². The molecule has 130 valence electrons. The van der Waals surface area contributed by atoms with Gasteiger partial charge in [-0.25, -0.2) is 13.4 Å². The average Bonchev–Trinajstić information content (AvgIpc) is 3.10. The van der Waals surface area contributed by atoms with Gasteiger partial charge >= 0.3 is 0 Å². The zero-order valence-corrected chi connectivity index (χ0v) is 15.0. The molecular weight excluding hydrogens is 348 g/mol. The molecule has 0 aromatic carbocycles. The third kappa shape index (κ3) is 3.44. The van der Waals surface area contributed by atoms with E-state index in [0.29, 0.717) is 16.5 Å². The molecule has 0 amide bonds. The van der Waals surface area contributed by atoms with Crippen molar-refractivity contribution in [3.05, 3.63) is 35.2 Å². The Morgan fingerprint density at radius 1 is 1.17 bits per heavy atom. The molecule has 0 bridgehead atoms. The monoisotopic (exact) mass is 368 g/mol. The fourth-order valence-corrected chi connectivity index (χ4v) is 5.60. The molecule has 0 N–H and O–H groups in total. The lowest BCUT2D eigenvalue weighted by molar-refractivity contribution is 0.0993. The van der Waals surface area contributed by atoms with Crippen molar-refractivity contribution in [2.24, 2.45) is 0 Å². The van der Waals surface area contributed by atoms with E-state index in [0.717, 1.165) is 50.5 Å². The van der Waals surface area contributed by atoms with Gasteiger partial charge in [0.05, 0.1) is 22.2 Å². The van der Waals surface area contributed by atoms with Crippen LogP contribution in [0.15, 0.2) is 24.5 Å². The van der Waals surface area contributed by atoms with Crippen molar-refractivity contribution in [1.29, 1.82) is 0 Å². The van der Waals surface area contributed by atoms with Crippen molar-refractivity contribution < 1.29 is 8.42 Å². The molecule has 6 nitrogen and oxygen atoms in total. The molecule has 4 rings (SSSR count). The summed E-state index contributed by atoms with van der Waals surface area (Å²) in [6.45, 7) is 4.57. The quantitative estimate of drug-likeness (QED) is 0.817. The van der Waals surface area contributed by atoms with Crippen LogP contribution >= 0.6 is 11.6 Å². The van der Waals surface area contributed by atoms with Crippen LogP contribution in [0, 0.1) is 0 Å². The van der Waals surface area contributed by atoms with Crippen LogP contribution in [0.25, 0.3) is 5.65 Å². The molecule has 0 saturated carbocycles. The molecule has 2 saturated heterocycles. The number of fused-ring (bicyclic) bond motifs is 1. The molecule has 2 aliphatic rings. The highest BCUT2D eigenvalue weighted by molar-refractivity contribution is 7.91. The maximum Gasteiger partial charge on any atom is 0.151 e. The minimum Gasteiger partial charge on any atom is -0.305 e. The van der Waals surface area contributed by atoms with Crippen LogP contribution in [0.4, 0.5) is 0 Å². The summed E-state index contributed by atoms with van der Waals surface area (Å²) in [5.74, 6) is 0.682. The minimum atomic E-state index is -2.80. The lowest BCUT2D eigenvalue weighted by Crippen LogP contribution is -2.50. The van der Waals surface area contributed by atoms with E-state index in [1.165, 1.54) is 0 Å². The van der Waals surface area contributed by atoms with Gasteiger partial charge in [-0.1, -0.05) is 11.6 Å². The molecule has 8 heteroatoms. The van der Waals surface area contributed by atoms with Crippen LogP contribution in [0.1, 0.15) is 12.1 Å². The van der Waals surface area contributed by atoms with Crippen molar-refractivity contribution >= 4 is 27.1 Å². The lowest BCUT2D eigenvalue weighted by Gasteiger charge is -2.37. The largest absolute Gasteiger partial charge is 0.305 e. The van der Waals surface area contributed by atoms with Gasteiger partial charge in [-0.2, -0.15) is 0 Å². The Bertz CT molecular complexity index is 843.